The standard InChI is InChI=1S/C20H27N3O2/c1-15-13-16(2)23(21-15)14-18-5-4-12-22(18)20(24)11-8-17-6-9-19(25-3)10-7-17/h6-7,9-10,13,18H,4-5,8,11-12,14H2,1-3H3. The van der Waals surface area contributed by atoms with Gasteiger partial charge in [-0.05, 0) is 56.9 Å². The fraction of sp³-hybridized carbons (Fsp3) is 0.500. The molecule has 1 fully saturated rings. The van der Waals surface area contributed by atoms with Gasteiger partial charge in [-0.2, -0.15) is 5.10 Å². The lowest BCUT2D eigenvalue weighted by Gasteiger charge is -2.25. The van der Waals surface area contributed by atoms with Gasteiger partial charge in [-0.1, -0.05) is 12.1 Å². The molecule has 1 aliphatic rings. The Balaban J connectivity index is 1.57. The minimum Gasteiger partial charge on any atom is -0.497 e. The van der Waals surface area contributed by atoms with Crippen molar-refractivity contribution >= 4 is 5.91 Å². The lowest BCUT2D eigenvalue weighted by atomic mass is 10.1. The van der Waals surface area contributed by atoms with Gasteiger partial charge in [0.05, 0.1) is 25.4 Å². The largest absolute Gasteiger partial charge is 0.497 e. The van der Waals surface area contributed by atoms with Gasteiger partial charge in [-0.15, -0.1) is 0 Å². The van der Waals surface area contributed by atoms with E-state index >= 15 is 0 Å². The number of amides is 1. The summed E-state index contributed by atoms with van der Waals surface area (Å²) in [6, 6.07) is 10.3. The second kappa shape index (κ2) is 7.72. The lowest BCUT2D eigenvalue weighted by Crippen LogP contribution is -2.38. The van der Waals surface area contributed by atoms with Crippen molar-refractivity contribution in [3.63, 3.8) is 0 Å². The number of likely N-dealkylation sites (tertiary alicyclic amines) is 1. The fourth-order valence-electron chi connectivity index (χ4n) is 3.60. The molecule has 25 heavy (non-hydrogen) atoms. The molecule has 1 atom stereocenters. The van der Waals surface area contributed by atoms with Crippen LogP contribution in [0.25, 0.3) is 0 Å². The van der Waals surface area contributed by atoms with Crippen LogP contribution in [0.4, 0.5) is 0 Å². The molecule has 0 spiro atoms. The molecule has 3 rings (SSSR count). The van der Waals surface area contributed by atoms with Gasteiger partial charge in [-0.3, -0.25) is 9.48 Å². The van der Waals surface area contributed by atoms with E-state index in [1.54, 1.807) is 7.11 Å². The maximum atomic E-state index is 12.7. The number of rotatable bonds is 6. The van der Waals surface area contributed by atoms with Crippen LogP contribution in [0.15, 0.2) is 30.3 Å². The highest BCUT2D eigenvalue weighted by Crippen LogP contribution is 2.21. The summed E-state index contributed by atoms with van der Waals surface area (Å²) in [5.41, 5.74) is 3.37. The molecule has 1 aliphatic heterocycles. The van der Waals surface area contributed by atoms with Gasteiger partial charge in [0.15, 0.2) is 0 Å². The second-order valence-electron chi connectivity index (χ2n) is 6.84. The van der Waals surface area contributed by atoms with E-state index in [1.165, 1.54) is 5.56 Å². The number of carbonyl (C=O) groups is 1. The number of hydrogen-bond acceptors (Lipinski definition) is 3. The maximum Gasteiger partial charge on any atom is 0.223 e. The highest BCUT2D eigenvalue weighted by atomic mass is 16.5. The first-order valence-electron chi connectivity index (χ1n) is 9.00. The van der Waals surface area contributed by atoms with Crippen LogP contribution in [0.2, 0.25) is 0 Å². The first-order valence-corrected chi connectivity index (χ1v) is 9.00. The number of nitrogens with zero attached hydrogens (tertiary/aromatic N) is 3. The molecule has 5 nitrogen and oxygen atoms in total. The highest BCUT2D eigenvalue weighted by molar-refractivity contribution is 5.77. The Labute approximate surface area is 149 Å². The summed E-state index contributed by atoms with van der Waals surface area (Å²) in [4.78, 5) is 14.8. The van der Waals surface area contributed by atoms with Crippen molar-refractivity contribution in [3.05, 3.63) is 47.3 Å². The Bertz CT molecular complexity index is 721. The molecule has 134 valence electrons. The Morgan fingerprint density at radius 3 is 2.68 bits per heavy atom. The third-order valence-corrected chi connectivity index (χ3v) is 4.97. The molecule has 2 aromatic rings. The van der Waals surface area contributed by atoms with Gasteiger partial charge in [0.1, 0.15) is 5.75 Å². The van der Waals surface area contributed by atoms with E-state index < -0.39 is 0 Å². The van der Waals surface area contributed by atoms with E-state index in [1.807, 2.05) is 35.9 Å². The quantitative estimate of drug-likeness (QED) is 0.811. The topological polar surface area (TPSA) is 47.4 Å². The summed E-state index contributed by atoms with van der Waals surface area (Å²) in [5.74, 6) is 1.10. The number of hydrogen-bond donors (Lipinski definition) is 0. The van der Waals surface area contributed by atoms with Crippen molar-refractivity contribution in [2.45, 2.75) is 52.1 Å². The zero-order valence-electron chi connectivity index (χ0n) is 15.4. The third-order valence-electron chi connectivity index (χ3n) is 4.97. The van der Waals surface area contributed by atoms with Crippen LogP contribution in [0.3, 0.4) is 0 Å². The normalized spacial score (nSPS) is 17.1. The fourth-order valence-corrected chi connectivity index (χ4v) is 3.60. The average Bonchev–Trinajstić information content (AvgIpc) is 3.19. The predicted molar refractivity (Wildman–Crippen MR) is 97.8 cm³/mol. The molecule has 0 N–H and O–H groups in total. The van der Waals surface area contributed by atoms with E-state index in [4.69, 9.17) is 4.74 Å². The van der Waals surface area contributed by atoms with Crippen LogP contribution < -0.4 is 4.74 Å². The third kappa shape index (κ3) is 4.21. The molecule has 2 heterocycles. The van der Waals surface area contributed by atoms with Crippen LogP contribution >= 0.6 is 0 Å². The summed E-state index contributed by atoms with van der Waals surface area (Å²) in [7, 11) is 1.66. The molecule has 1 aromatic carbocycles. The first-order chi connectivity index (χ1) is 12.1. The molecule has 0 aliphatic carbocycles. The van der Waals surface area contributed by atoms with Crippen molar-refractivity contribution in [2.24, 2.45) is 0 Å². The molecule has 1 amide bonds. The summed E-state index contributed by atoms with van der Waals surface area (Å²) in [6.45, 7) is 5.75. The van der Waals surface area contributed by atoms with Gasteiger partial charge in [-0.25, -0.2) is 0 Å². The first kappa shape index (κ1) is 17.5. The Morgan fingerprint density at radius 1 is 1.28 bits per heavy atom. The van der Waals surface area contributed by atoms with Crippen molar-refractivity contribution < 1.29 is 9.53 Å². The molecule has 0 radical (unpaired) electrons. The van der Waals surface area contributed by atoms with E-state index in [2.05, 4.69) is 23.0 Å². The van der Waals surface area contributed by atoms with Gasteiger partial charge in [0.25, 0.3) is 0 Å². The van der Waals surface area contributed by atoms with Crippen LogP contribution in [0, 0.1) is 13.8 Å². The number of aryl methyl sites for hydroxylation is 3. The van der Waals surface area contributed by atoms with Crippen LogP contribution in [-0.4, -0.2) is 40.3 Å². The molecule has 1 saturated heterocycles. The molecule has 1 aromatic heterocycles. The number of benzene rings is 1. The second-order valence-corrected chi connectivity index (χ2v) is 6.84. The smallest absolute Gasteiger partial charge is 0.223 e. The summed E-state index contributed by atoms with van der Waals surface area (Å²) in [5, 5.41) is 4.54. The SMILES string of the molecule is COc1ccc(CCC(=O)N2CCCC2Cn2nc(C)cc2C)cc1. The van der Waals surface area contributed by atoms with E-state index in [0.717, 1.165) is 49.5 Å². The lowest BCUT2D eigenvalue weighted by molar-refractivity contribution is -0.132. The minimum absolute atomic E-state index is 0.250. The van der Waals surface area contributed by atoms with E-state index in [-0.39, 0.29) is 11.9 Å². The minimum atomic E-state index is 0.250. The highest BCUT2D eigenvalue weighted by Gasteiger charge is 2.29. The number of methoxy groups -OCH3 is 1. The number of carbonyl (C=O) groups excluding carboxylic acids is 1. The molecular formula is C20H27N3O2. The summed E-state index contributed by atoms with van der Waals surface area (Å²) in [6.07, 6.45) is 3.47. The molecular weight excluding hydrogens is 314 g/mol. The summed E-state index contributed by atoms with van der Waals surface area (Å²) >= 11 is 0. The number of ether oxygens (including phenoxy) is 1. The van der Waals surface area contributed by atoms with E-state index in [9.17, 15) is 4.79 Å². The predicted octanol–water partition coefficient (Wildman–Crippen LogP) is 3.13. The summed E-state index contributed by atoms with van der Waals surface area (Å²) < 4.78 is 7.21. The van der Waals surface area contributed by atoms with Crippen molar-refractivity contribution in [1.82, 2.24) is 14.7 Å². The average molecular weight is 341 g/mol. The molecule has 1 unspecified atom stereocenters. The van der Waals surface area contributed by atoms with Gasteiger partial charge < -0.3 is 9.64 Å². The van der Waals surface area contributed by atoms with Gasteiger partial charge in [0.2, 0.25) is 5.91 Å². The van der Waals surface area contributed by atoms with Crippen LogP contribution in [0.5, 0.6) is 5.75 Å². The Kier molecular flexibility index (Phi) is 5.41. The van der Waals surface area contributed by atoms with Crippen molar-refractivity contribution in [1.29, 1.82) is 0 Å². The zero-order valence-corrected chi connectivity index (χ0v) is 15.4. The molecule has 5 heteroatoms. The van der Waals surface area contributed by atoms with Gasteiger partial charge >= 0.3 is 0 Å². The van der Waals surface area contributed by atoms with Gasteiger partial charge in [0, 0.05) is 18.7 Å². The molecule has 0 saturated carbocycles. The number of aromatic nitrogens is 2. The Morgan fingerprint density at radius 2 is 2.04 bits per heavy atom. The monoisotopic (exact) mass is 341 g/mol. The van der Waals surface area contributed by atoms with Crippen LogP contribution in [-0.2, 0) is 17.8 Å². The van der Waals surface area contributed by atoms with E-state index in [0.29, 0.717) is 6.42 Å². The molecule has 0 bridgehead atoms. The zero-order chi connectivity index (χ0) is 17.8. The Hall–Kier alpha value is -2.30. The van der Waals surface area contributed by atoms with Crippen molar-refractivity contribution in [3.8, 4) is 5.75 Å². The van der Waals surface area contributed by atoms with Crippen molar-refractivity contribution in [2.75, 3.05) is 13.7 Å². The van der Waals surface area contributed by atoms with Crippen LogP contribution in [0.1, 0.15) is 36.2 Å². The maximum absolute atomic E-state index is 12.7.